The second-order valence-electron chi connectivity index (χ2n) is 6.30. The molecule has 0 bridgehead atoms. The maximum Gasteiger partial charge on any atom is 0.408 e. The van der Waals surface area contributed by atoms with Crippen molar-refractivity contribution in [2.24, 2.45) is 0 Å². The first kappa shape index (κ1) is 21.0. The third-order valence-electron chi connectivity index (χ3n) is 3.22. The molecule has 0 aliphatic rings. The van der Waals surface area contributed by atoms with Gasteiger partial charge in [0.2, 0.25) is 0 Å². The van der Waals surface area contributed by atoms with E-state index >= 15 is 0 Å². The van der Waals surface area contributed by atoms with Crippen molar-refractivity contribution in [3.8, 4) is 11.5 Å². The van der Waals surface area contributed by atoms with Crippen LogP contribution in [0.15, 0.2) is 12.1 Å². The minimum atomic E-state index is -1.47. The Bertz CT molecular complexity index is 696. The van der Waals surface area contributed by atoms with Crippen molar-refractivity contribution in [1.82, 2.24) is 5.32 Å². The van der Waals surface area contributed by atoms with E-state index in [4.69, 9.17) is 14.2 Å². The van der Waals surface area contributed by atoms with Gasteiger partial charge in [-0.1, -0.05) is 0 Å². The molecular weight excluding hydrogens is 348 g/mol. The monoisotopic (exact) mass is 370 g/mol. The number of carboxylic acid groups (broad SMARTS) is 1. The van der Waals surface area contributed by atoms with Crippen molar-refractivity contribution >= 4 is 17.7 Å². The van der Waals surface area contributed by atoms with E-state index in [0.717, 1.165) is 0 Å². The molecule has 1 aromatic rings. The Morgan fingerprint density at radius 2 is 1.88 bits per heavy atom. The van der Waals surface area contributed by atoms with Gasteiger partial charge in [-0.2, -0.15) is 0 Å². The van der Waals surface area contributed by atoms with E-state index in [1.54, 1.807) is 20.8 Å². The van der Waals surface area contributed by atoms with Gasteiger partial charge in [-0.3, -0.25) is 10.1 Å². The molecule has 0 radical (unpaired) electrons. The number of methoxy groups -OCH3 is 2. The lowest BCUT2D eigenvalue weighted by molar-refractivity contribution is -0.385. The molecule has 0 heterocycles. The molecule has 0 aliphatic heterocycles. The largest absolute Gasteiger partial charge is 0.493 e. The SMILES string of the molecule is COc1ccc([N+](=O)[O-])c(CC(NC(=O)OC(C)(C)C)C(=O)O)c1OC. The lowest BCUT2D eigenvalue weighted by atomic mass is 10.0. The lowest BCUT2D eigenvalue weighted by Gasteiger charge is -2.22. The Hall–Kier alpha value is -3.04. The highest BCUT2D eigenvalue weighted by Gasteiger charge is 2.30. The molecule has 1 atom stereocenters. The summed E-state index contributed by atoms with van der Waals surface area (Å²) in [6.07, 6.45) is -1.35. The number of nitrogens with zero attached hydrogens (tertiary/aromatic N) is 1. The smallest absolute Gasteiger partial charge is 0.408 e. The summed E-state index contributed by atoms with van der Waals surface area (Å²) >= 11 is 0. The number of nitro groups is 1. The number of carboxylic acids is 1. The number of hydrogen-bond acceptors (Lipinski definition) is 7. The Balaban J connectivity index is 3.24. The molecule has 1 amide bonds. The van der Waals surface area contributed by atoms with Gasteiger partial charge in [0.05, 0.1) is 24.7 Å². The van der Waals surface area contributed by atoms with Crippen molar-refractivity contribution in [2.45, 2.75) is 38.8 Å². The van der Waals surface area contributed by atoms with Crippen molar-refractivity contribution in [1.29, 1.82) is 0 Å². The van der Waals surface area contributed by atoms with Gasteiger partial charge < -0.3 is 24.6 Å². The number of carbonyl (C=O) groups is 2. The summed E-state index contributed by atoms with van der Waals surface area (Å²) in [5, 5.41) is 22.9. The standard InChI is InChI=1S/C16H22N2O8/c1-16(2,3)26-15(21)17-10(14(19)20)8-9-11(18(22)23)6-7-12(24-4)13(9)25-5/h6-7,10H,8H2,1-5H3,(H,17,21)(H,19,20). The van der Waals surface area contributed by atoms with Crippen LogP contribution in [-0.4, -0.2) is 48.0 Å². The zero-order valence-electron chi connectivity index (χ0n) is 15.2. The van der Waals surface area contributed by atoms with Crippen LogP contribution in [0.3, 0.4) is 0 Å². The van der Waals surface area contributed by atoms with Gasteiger partial charge in [0.1, 0.15) is 11.6 Å². The third kappa shape index (κ3) is 5.50. The fourth-order valence-corrected chi connectivity index (χ4v) is 2.20. The molecule has 0 spiro atoms. The summed E-state index contributed by atoms with van der Waals surface area (Å²) in [5.74, 6) is -1.15. The molecular formula is C16H22N2O8. The average Bonchev–Trinajstić information content (AvgIpc) is 2.51. The zero-order valence-corrected chi connectivity index (χ0v) is 15.2. The average molecular weight is 370 g/mol. The zero-order chi connectivity index (χ0) is 20.1. The summed E-state index contributed by atoms with van der Waals surface area (Å²) < 4.78 is 15.3. The number of benzene rings is 1. The molecule has 1 rings (SSSR count). The van der Waals surface area contributed by atoms with Crippen LogP contribution in [0.2, 0.25) is 0 Å². The highest BCUT2D eigenvalue weighted by atomic mass is 16.6. The minimum Gasteiger partial charge on any atom is -0.493 e. The Labute approximate surface area is 150 Å². The van der Waals surface area contributed by atoms with Crippen LogP contribution in [-0.2, 0) is 16.0 Å². The summed E-state index contributed by atoms with van der Waals surface area (Å²) in [7, 11) is 2.63. The number of carbonyl (C=O) groups excluding carboxylic acids is 1. The maximum absolute atomic E-state index is 11.9. The van der Waals surface area contributed by atoms with E-state index in [0.29, 0.717) is 0 Å². The molecule has 0 fully saturated rings. The molecule has 10 nitrogen and oxygen atoms in total. The predicted molar refractivity (Wildman–Crippen MR) is 90.7 cm³/mol. The quantitative estimate of drug-likeness (QED) is 0.550. The Morgan fingerprint density at radius 3 is 2.31 bits per heavy atom. The van der Waals surface area contributed by atoms with Gasteiger partial charge in [0.25, 0.3) is 5.69 Å². The number of alkyl carbamates (subject to hydrolysis) is 1. The van der Waals surface area contributed by atoms with Crippen LogP contribution in [0, 0.1) is 10.1 Å². The number of nitro benzene ring substituents is 1. The summed E-state index contributed by atoms with van der Waals surface area (Å²) in [4.78, 5) is 34.0. The molecule has 0 aliphatic carbocycles. The van der Waals surface area contributed by atoms with Gasteiger partial charge in [0.15, 0.2) is 11.5 Å². The van der Waals surface area contributed by atoms with Crippen molar-refractivity contribution in [3.05, 3.63) is 27.8 Å². The second-order valence-corrected chi connectivity index (χ2v) is 6.30. The van der Waals surface area contributed by atoms with Gasteiger partial charge in [-0.25, -0.2) is 9.59 Å². The van der Waals surface area contributed by atoms with E-state index in [1.165, 1.54) is 26.4 Å². The number of aliphatic carboxylic acids is 1. The van der Waals surface area contributed by atoms with Gasteiger partial charge in [0, 0.05) is 12.5 Å². The lowest BCUT2D eigenvalue weighted by Crippen LogP contribution is -2.44. The van der Waals surface area contributed by atoms with E-state index in [-0.39, 0.29) is 22.7 Å². The van der Waals surface area contributed by atoms with Crippen LogP contribution < -0.4 is 14.8 Å². The van der Waals surface area contributed by atoms with Crippen molar-refractivity contribution in [3.63, 3.8) is 0 Å². The maximum atomic E-state index is 11.9. The number of rotatable bonds is 7. The van der Waals surface area contributed by atoms with Crippen LogP contribution >= 0.6 is 0 Å². The normalized spacial score (nSPS) is 12.0. The van der Waals surface area contributed by atoms with Gasteiger partial charge in [-0.05, 0) is 26.8 Å². The molecule has 0 aromatic heterocycles. The summed E-state index contributed by atoms with van der Waals surface area (Å²) in [6, 6.07) is 1.06. The number of ether oxygens (including phenoxy) is 3. The minimum absolute atomic E-state index is 0.0136. The van der Waals surface area contributed by atoms with Crippen LogP contribution in [0.25, 0.3) is 0 Å². The summed E-state index contributed by atoms with van der Waals surface area (Å²) in [5.41, 5.74) is -1.19. The molecule has 144 valence electrons. The molecule has 0 saturated carbocycles. The highest BCUT2D eigenvalue weighted by Crippen LogP contribution is 2.38. The molecule has 26 heavy (non-hydrogen) atoms. The fraction of sp³-hybridized carbons (Fsp3) is 0.500. The van der Waals surface area contributed by atoms with E-state index < -0.39 is 35.0 Å². The van der Waals surface area contributed by atoms with Crippen molar-refractivity contribution < 1.29 is 33.8 Å². The first-order chi connectivity index (χ1) is 12.0. The molecule has 10 heteroatoms. The molecule has 1 unspecified atom stereocenters. The summed E-state index contributed by atoms with van der Waals surface area (Å²) in [6.45, 7) is 4.87. The van der Waals surface area contributed by atoms with Crippen molar-refractivity contribution in [2.75, 3.05) is 14.2 Å². The highest BCUT2D eigenvalue weighted by molar-refractivity contribution is 5.81. The number of nitrogens with one attached hydrogen (secondary N) is 1. The Kier molecular flexibility index (Phi) is 6.76. The van der Waals surface area contributed by atoms with Gasteiger partial charge >= 0.3 is 12.1 Å². The fourth-order valence-electron chi connectivity index (χ4n) is 2.20. The van der Waals surface area contributed by atoms with E-state index in [2.05, 4.69) is 5.32 Å². The number of amides is 1. The van der Waals surface area contributed by atoms with Crippen LogP contribution in [0.1, 0.15) is 26.3 Å². The first-order valence-electron chi connectivity index (χ1n) is 7.60. The second kappa shape index (κ2) is 8.37. The molecule has 2 N–H and O–H groups in total. The molecule has 1 aromatic carbocycles. The third-order valence-corrected chi connectivity index (χ3v) is 3.22. The first-order valence-corrected chi connectivity index (χ1v) is 7.60. The molecule has 0 saturated heterocycles. The van der Waals surface area contributed by atoms with E-state index in [9.17, 15) is 24.8 Å². The van der Waals surface area contributed by atoms with E-state index in [1.807, 2.05) is 0 Å². The topological polar surface area (TPSA) is 137 Å². The van der Waals surface area contributed by atoms with Crippen LogP contribution in [0.5, 0.6) is 11.5 Å². The number of hydrogen-bond donors (Lipinski definition) is 2. The predicted octanol–water partition coefficient (Wildman–Crippen LogP) is 2.13. The Morgan fingerprint density at radius 1 is 1.27 bits per heavy atom. The van der Waals surface area contributed by atoms with Gasteiger partial charge in [-0.15, -0.1) is 0 Å². The van der Waals surface area contributed by atoms with Crippen LogP contribution in [0.4, 0.5) is 10.5 Å².